The van der Waals surface area contributed by atoms with Crippen molar-refractivity contribution >= 4 is 27.5 Å². The number of fused-ring (bicyclic) bond motifs is 1. The van der Waals surface area contributed by atoms with E-state index >= 15 is 0 Å². The molecule has 1 aromatic carbocycles. The van der Waals surface area contributed by atoms with Crippen LogP contribution in [0.1, 0.15) is 26.5 Å². The van der Waals surface area contributed by atoms with Gasteiger partial charge in [0, 0.05) is 30.0 Å². The van der Waals surface area contributed by atoms with Gasteiger partial charge in [-0.1, -0.05) is 30.3 Å². The molecule has 0 radical (unpaired) electrons. The fraction of sp³-hybridized carbons (Fsp3) is 0.143. The maximum Gasteiger partial charge on any atom is 0.263 e. The number of carbonyl (C=O) groups excluding carboxylic acids is 1. The van der Waals surface area contributed by atoms with Crippen molar-refractivity contribution in [3.05, 3.63) is 82.6 Å². The van der Waals surface area contributed by atoms with E-state index in [0.29, 0.717) is 11.4 Å². The quantitative estimate of drug-likeness (QED) is 0.576. The number of aryl methyl sites for hydroxylation is 2. The summed E-state index contributed by atoms with van der Waals surface area (Å²) < 4.78 is 2.00. The summed E-state index contributed by atoms with van der Waals surface area (Å²) in [4.78, 5) is 19.2. The van der Waals surface area contributed by atoms with E-state index < -0.39 is 0 Å². The first-order chi connectivity index (χ1) is 12.6. The zero-order valence-corrected chi connectivity index (χ0v) is 15.5. The number of benzene rings is 1. The molecule has 0 bridgehead atoms. The number of thiophene rings is 1. The zero-order chi connectivity index (χ0) is 18.1. The zero-order valence-electron chi connectivity index (χ0n) is 14.7. The third kappa shape index (κ3) is 3.02. The molecule has 0 spiro atoms. The summed E-state index contributed by atoms with van der Waals surface area (Å²) in [6.45, 7) is 4.56. The van der Waals surface area contributed by atoms with Crippen molar-refractivity contribution in [1.29, 1.82) is 0 Å². The van der Waals surface area contributed by atoms with Crippen LogP contribution in [0.15, 0.2) is 60.9 Å². The average molecular weight is 361 g/mol. The molecule has 4 nitrogen and oxygen atoms in total. The van der Waals surface area contributed by atoms with Gasteiger partial charge < -0.3 is 9.88 Å². The molecule has 0 atom stereocenters. The monoisotopic (exact) mass is 361 g/mol. The van der Waals surface area contributed by atoms with Gasteiger partial charge in [0.25, 0.3) is 5.91 Å². The SMILES string of the molecule is Cc1cc(C)c2c(-n3cccc3)c(C(=O)NCc3ccccc3)sc2n1. The van der Waals surface area contributed by atoms with Crippen LogP contribution in [0.2, 0.25) is 0 Å². The maximum absolute atomic E-state index is 13.0. The van der Waals surface area contributed by atoms with Gasteiger partial charge in [-0.3, -0.25) is 4.79 Å². The van der Waals surface area contributed by atoms with Crippen LogP contribution >= 0.6 is 11.3 Å². The number of hydrogen-bond donors (Lipinski definition) is 1. The lowest BCUT2D eigenvalue weighted by Gasteiger charge is -2.09. The van der Waals surface area contributed by atoms with Crippen LogP contribution < -0.4 is 5.32 Å². The first-order valence-corrected chi connectivity index (χ1v) is 9.31. The molecular weight excluding hydrogens is 342 g/mol. The maximum atomic E-state index is 13.0. The van der Waals surface area contributed by atoms with Crippen LogP contribution in [0.3, 0.4) is 0 Å². The lowest BCUT2D eigenvalue weighted by atomic mass is 10.1. The molecule has 0 aliphatic carbocycles. The topological polar surface area (TPSA) is 46.9 Å². The summed E-state index contributed by atoms with van der Waals surface area (Å²) in [6, 6.07) is 15.9. The number of nitrogens with one attached hydrogen (secondary N) is 1. The number of hydrogen-bond acceptors (Lipinski definition) is 3. The number of nitrogens with zero attached hydrogens (tertiary/aromatic N) is 2. The second kappa shape index (κ2) is 6.77. The van der Waals surface area contributed by atoms with E-state index in [-0.39, 0.29) is 5.91 Å². The highest BCUT2D eigenvalue weighted by molar-refractivity contribution is 7.21. The van der Waals surface area contributed by atoms with Crippen LogP contribution in [-0.2, 0) is 6.54 Å². The van der Waals surface area contributed by atoms with E-state index in [2.05, 4.69) is 23.3 Å². The van der Waals surface area contributed by atoms with Crippen LogP contribution in [-0.4, -0.2) is 15.5 Å². The predicted octanol–water partition coefficient (Wildman–Crippen LogP) is 4.63. The molecule has 130 valence electrons. The number of pyridine rings is 1. The van der Waals surface area contributed by atoms with Gasteiger partial charge in [0.05, 0.1) is 5.69 Å². The first-order valence-electron chi connectivity index (χ1n) is 8.49. The van der Waals surface area contributed by atoms with Crippen LogP contribution in [0.5, 0.6) is 0 Å². The standard InChI is InChI=1S/C21H19N3OS/c1-14-12-15(2)23-21-17(14)18(24-10-6-7-11-24)19(26-21)20(25)22-13-16-8-4-3-5-9-16/h3-12H,13H2,1-2H3,(H,22,25). The van der Waals surface area contributed by atoms with Crippen molar-refractivity contribution in [2.45, 2.75) is 20.4 Å². The molecule has 1 N–H and O–H groups in total. The Hall–Kier alpha value is -2.92. The Morgan fingerprint density at radius 1 is 1.12 bits per heavy atom. The summed E-state index contributed by atoms with van der Waals surface area (Å²) >= 11 is 1.45. The Bertz CT molecular complexity index is 1070. The fourth-order valence-corrected chi connectivity index (χ4v) is 4.38. The van der Waals surface area contributed by atoms with Gasteiger partial charge in [-0.2, -0.15) is 0 Å². The Labute approximate surface area is 156 Å². The highest BCUT2D eigenvalue weighted by Crippen LogP contribution is 2.35. The second-order valence-electron chi connectivity index (χ2n) is 6.30. The highest BCUT2D eigenvalue weighted by Gasteiger charge is 2.21. The molecule has 3 heterocycles. The van der Waals surface area contributed by atoms with E-state index in [1.807, 2.05) is 66.3 Å². The molecule has 5 heteroatoms. The number of amides is 1. The molecule has 0 unspecified atom stereocenters. The number of aromatic nitrogens is 2. The fourth-order valence-electron chi connectivity index (χ4n) is 3.17. The largest absolute Gasteiger partial charge is 0.347 e. The normalized spacial score (nSPS) is 11.0. The minimum absolute atomic E-state index is 0.0717. The van der Waals surface area contributed by atoms with Gasteiger partial charge in [-0.25, -0.2) is 4.98 Å². The molecular formula is C21H19N3OS. The van der Waals surface area contributed by atoms with Crippen LogP contribution in [0, 0.1) is 13.8 Å². The highest BCUT2D eigenvalue weighted by atomic mass is 32.1. The van der Waals surface area contributed by atoms with Crippen molar-refractivity contribution < 1.29 is 4.79 Å². The van der Waals surface area contributed by atoms with E-state index in [1.165, 1.54) is 11.3 Å². The molecule has 3 aromatic heterocycles. The molecule has 0 fully saturated rings. The van der Waals surface area contributed by atoms with Crippen molar-refractivity contribution in [1.82, 2.24) is 14.9 Å². The first kappa shape index (κ1) is 16.5. The van der Waals surface area contributed by atoms with Crippen molar-refractivity contribution in [3.63, 3.8) is 0 Å². The van der Waals surface area contributed by atoms with Gasteiger partial charge in [0.1, 0.15) is 9.71 Å². The number of rotatable bonds is 4. The van der Waals surface area contributed by atoms with E-state index in [9.17, 15) is 4.79 Å². The minimum Gasteiger partial charge on any atom is -0.347 e. The van der Waals surface area contributed by atoms with Crippen molar-refractivity contribution in [2.24, 2.45) is 0 Å². The predicted molar refractivity (Wildman–Crippen MR) is 106 cm³/mol. The molecule has 4 aromatic rings. The third-order valence-corrected chi connectivity index (χ3v) is 5.40. The molecule has 0 saturated carbocycles. The summed E-state index contributed by atoms with van der Waals surface area (Å²) in [7, 11) is 0. The molecule has 0 saturated heterocycles. The van der Waals surface area contributed by atoms with Gasteiger partial charge in [0.15, 0.2) is 0 Å². The van der Waals surface area contributed by atoms with Gasteiger partial charge in [-0.05, 0) is 43.2 Å². The minimum atomic E-state index is -0.0717. The molecule has 1 amide bonds. The summed E-state index contributed by atoms with van der Waals surface area (Å²) in [5.41, 5.74) is 4.08. The van der Waals surface area contributed by atoms with Crippen LogP contribution in [0.4, 0.5) is 0 Å². The van der Waals surface area contributed by atoms with Crippen molar-refractivity contribution in [2.75, 3.05) is 0 Å². The molecule has 4 rings (SSSR count). The smallest absolute Gasteiger partial charge is 0.263 e. The van der Waals surface area contributed by atoms with Crippen LogP contribution in [0.25, 0.3) is 15.9 Å². The lowest BCUT2D eigenvalue weighted by Crippen LogP contribution is -2.22. The average Bonchev–Trinajstić information content (AvgIpc) is 3.27. The molecule has 0 aliphatic heterocycles. The summed E-state index contributed by atoms with van der Waals surface area (Å²) in [5, 5.41) is 4.09. The summed E-state index contributed by atoms with van der Waals surface area (Å²) in [5.74, 6) is -0.0717. The second-order valence-corrected chi connectivity index (χ2v) is 7.30. The Morgan fingerprint density at radius 2 is 1.85 bits per heavy atom. The Morgan fingerprint density at radius 3 is 2.58 bits per heavy atom. The number of carbonyl (C=O) groups is 1. The Kier molecular flexibility index (Phi) is 4.31. The van der Waals surface area contributed by atoms with Gasteiger partial charge in [0.2, 0.25) is 0 Å². The van der Waals surface area contributed by atoms with E-state index in [1.54, 1.807) is 0 Å². The third-order valence-electron chi connectivity index (χ3n) is 4.33. The molecule has 26 heavy (non-hydrogen) atoms. The van der Waals surface area contributed by atoms with Gasteiger partial charge in [-0.15, -0.1) is 11.3 Å². The van der Waals surface area contributed by atoms with Crippen molar-refractivity contribution in [3.8, 4) is 5.69 Å². The lowest BCUT2D eigenvalue weighted by molar-refractivity contribution is 0.0955. The van der Waals surface area contributed by atoms with E-state index in [4.69, 9.17) is 0 Å². The van der Waals surface area contributed by atoms with E-state index in [0.717, 1.165) is 32.7 Å². The van der Waals surface area contributed by atoms with Gasteiger partial charge >= 0.3 is 0 Å². The Balaban J connectivity index is 1.77. The summed E-state index contributed by atoms with van der Waals surface area (Å²) in [6.07, 6.45) is 3.93. The molecule has 0 aliphatic rings.